The van der Waals surface area contributed by atoms with Gasteiger partial charge in [0, 0.05) is 25.6 Å². The van der Waals surface area contributed by atoms with Crippen LogP contribution in [0.3, 0.4) is 0 Å². The van der Waals surface area contributed by atoms with Crippen molar-refractivity contribution in [3.05, 3.63) is 29.3 Å². The molecule has 4 rings (SSSR count). The summed E-state index contributed by atoms with van der Waals surface area (Å²) < 4.78 is 1.24. The number of para-hydroxylation sites is 1. The van der Waals surface area contributed by atoms with Crippen LogP contribution in [0.5, 0.6) is 0 Å². The van der Waals surface area contributed by atoms with E-state index in [1.807, 2.05) is 11.0 Å². The van der Waals surface area contributed by atoms with E-state index in [1.54, 1.807) is 11.3 Å². The number of amides is 1. The number of piperidine rings is 1. The molecule has 2 saturated heterocycles. The van der Waals surface area contributed by atoms with Gasteiger partial charge in [-0.25, -0.2) is 4.98 Å². The molecule has 2 N–H and O–H groups in total. The topological polar surface area (TPSA) is 65.5 Å². The van der Waals surface area contributed by atoms with Gasteiger partial charge in [0.15, 0.2) is 0 Å². The quantitative estimate of drug-likeness (QED) is 0.879. The number of thiazole rings is 1. The smallest absolute Gasteiger partial charge is 0.239 e. The molecule has 2 aliphatic rings. The molecule has 2 atom stereocenters. The van der Waals surface area contributed by atoms with E-state index in [1.165, 1.54) is 9.71 Å². The standard InChI is InChI=1S/C17H21N3O2S/c21-12-9-14(18-10-12)17(22)20-7-5-11(6-8-20)16-19-13-3-1-2-4-15(13)23-16/h1-4,11-12,14,18,21H,5-10H2. The lowest BCUT2D eigenvalue weighted by Gasteiger charge is -2.32. The summed E-state index contributed by atoms with van der Waals surface area (Å²) in [7, 11) is 0. The number of β-amino-alcohol motifs (C(OH)–C–C–N with tert-alkyl or cyclic N) is 1. The molecule has 0 saturated carbocycles. The first-order valence-electron chi connectivity index (χ1n) is 8.26. The van der Waals surface area contributed by atoms with Crippen LogP contribution in [0.1, 0.15) is 30.2 Å². The van der Waals surface area contributed by atoms with Crippen molar-refractivity contribution >= 4 is 27.5 Å². The van der Waals surface area contributed by atoms with Crippen LogP contribution in [-0.2, 0) is 4.79 Å². The van der Waals surface area contributed by atoms with Crippen LogP contribution >= 0.6 is 11.3 Å². The van der Waals surface area contributed by atoms with Crippen LogP contribution in [0.4, 0.5) is 0 Å². The van der Waals surface area contributed by atoms with Crippen molar-refractivity contribution in [1.82, 2.24) is 15.2 Å². The second-order valence-electron chi connectivity index (χ2n) is 6.47. The maximum absolute atomic E-state index is 12.5. The Balaban J connectivity index is 1.39. The van der Waals surface area contributed by atoms with E-state index in [0.29, 0.717) is 18.9 Å². The van der Waals surface area contributed by atoms with Gasteiger partial charge in [0.25, 0.3) is 0 Å². The minimum Gasteiger partial charge on any atom is -0.392 e. The van der Waals surface area contributed by atoms with Crippen LogP contribution in [0.15, 0.2) is 24.3 Å². The lowest BCUT2D eigenvalue weighted by molar-refractivity contribution is -0.134. The average molecular weight is 331 g/mol. The summed E-state index contributed by atoms with van der Waals surface area (Å²) in [5.41, 5.74) is 1.08. The maximum atomic E-state index is 12.5. The molecule has 2 fully saturated rings. The minimum atomic E-state index is -0.385. The molecule has 5 nitrogen and oxygen atoms in total. The van der Waals surface area contributed by atoms with Crippen LogP contribution in [0, 0.1) is 0 Å². The van der Waals surface area contributed by atoms with E-state index in [4.69, 9.17) is 4.98 Å². The number of likely N-dealkylation sites (tertiary alicyclic amines) is 1. The summed E-state index contributed by atoms with van der Waals surface area (Å²) in [6, 6.07) is 8.05. The van der Waals surface area contributed by atoms with E-state index >= 15 is 0 Å². The molecule has 2 aliphatic heterocycles. The molecular weight excluding hydrogens is 310 g/mol. The van der Waals surface area contributed by atoms with E-state index in [2.05, 4.69) is 23.5 Å². The summed E-state index contributed by atoms with van der Waals surface area (Å²) in [4.78, 5) is 19.2. The van der Waals surface area contributed by atoms with Crippen molar-refractivity contribution in [2.24, 2.45) is 0 Å². The first-order chi connectivity index (χ1) is 11.2. The highest BCUT2D eigenvalue weighted by atomic mass is 32.1. The maximum Gasteiger partial charge on any atom is 0.239 e. The van der Waals surface area contributed by atoms with Gasteiger partial charge in [-0.15, -0.1) is 11.3 Å². The van der Waals surface area contributed by atoms with Gasteiger partial charge in [-0.2, -0.15) is 0 Å². The van der Waals surface area contributed by atoms with Gasteiger partial charge in [0.2, 0.25) is 5.91 Å². The van der Waals surface area contributed by atoms with Gasteiger partial charge in [0.1, 0.15) is 0 Å². The van der Waals surface area contributed by atoms with Crippen molar-refractivity contribution < 1.29 is 9.90 Å². The third kappa shape index (κ3) is 2.98. The molecule has 122 valence electrons. The summed E-state index contributed by atoms with van der Waals surface area (Å²) in [6.07, 6.45) is 2.10. The van der Waals surface area contributed by atoms with Gasteiger partial charge in [-0.3, -0.25) is 4.79 Å². The van der Waals surface area contributed by atoms with Crippen molar-refractivity contribution in [2.75, 3.05) is 19.6 Å². The Morgan fingerprint density at radius 2 is 2.09 bits per heavy atom. The third-order valence-electron chi connectivity index (χ3n) is 4.87. The average Bonchev–Trinajstić information content (AvgIpc) is 3.20. The Bertz CT molecular complexity index is 676. The Morgan fingerprint density at radius 1 is 1.30 bits per heavy atom. The Kier molecular flexibility index (Phi) is 4.05. The summed E-state index contributed by atoms with van der Waals surface area (Å²) in [5, 5.41) is 13.9. The van der Waals surface area contributed by atoms with Crippen molar-refractivity contribution in [2.45, 2.75) is 37.3 Å². The number of carbonyl (C=O) groups excluding carboxylic acids is 1. The number of hydrogen-bond donors (Lipinski definition) is 2. The van der Waals surface area contributed by atoms with Crippen LogP contribution in [0.25, 0.3) is 10.2 Å². The largest absolute Gasteiger partial charge is 0.392 e. The zero-order chi connectivity index (χ0) is 15.8. The molecule has 1 aromatic heterocycles. The highest BCUT2D eigenvalue weighted by molar-refractivity contribution is 7.18. The van der Waals surface area contributed by atoms with Crippen LogP contribution < -0.4 is 5.32 Å². The molecular formula is C17H21N3O2S. The van der Waals surface area contributed by atoms with Crippen molar-refractivity contribution in [3.63, 3.8) is 0 Å². The zero-order valence-electron chi connectivity index (χ0n) is 12.9. The summed E-state index contributed by atoms with van der Waals surface area (Å²) in [5.74, 6) is 0.600. The first-order valence-corrected chi connectivity index (χ1v) is 9.08. The number of aromatic nitrogens is 1. The predicted molar refractivity (Wildman–Crippen MR) is 90.6 cm³/mol. The van der Waals surface area contributed by atoms with E-state index in [0.717, 1.165) is 31.4 Å². The number of aliphatic hydroxyl groups is 1. The normalized spacial score (nSPS) is 26.0. The van der Waals surface area contributed by atoms with Crippen molar-refractivity contribution in [1.29, 1.82) is 0 Å². The molecule has 3 heterocycles. The predicted octanol–water partition coefficient (Wildman–Crippen LogP) is 1.73. The summed E-state index contributed by atoms with van der Waals surface area (Å²) in [6.45, 7) is 2.10. The zero-order valence-corrected chi connectivity index (χ0v) is 13.8. The fourth-order valence-corrected chi connectivity index (χ4v) is 4.67. The highest BCUT2D eigenvalue weighted by Gasteiger charge is 2.33. The highest BCUT2D eigenvalue weighted by Crippen LogP contribution is 2.34. The van der Waals surface area contributed by atoms with Gasteiger partial charge < -0.3 is 15.3 Å². The SMILES string of the molecule is O=C(C1CC(O)CN1)N1CCC(c2nc3ccccc3s2)CC1. The molecule has 0 radical (unpaired) electrons. The number of benzene rings is 1. The second-order valence-corrected chi connectivity index (χ2v) is 7.53. The summed E-state index contributed by atoms with van der Waals surface area (Å²) >= 11 is 1.78. The molecule has 6 heteroatoms. The molecule has 23 heavy (non-hydrogen) atoms. The fraction of sp³-hybridized carbons (Fsp3) is 0.529. The van der Waals surface area contributed by atoms with E-state index in [-0.39, 0.29) is 18.1 Å². The number of rotatable bonds is 2. The first kappa shape index (κ1) is 15.1. The number of nitrogens with one attached hydrogen (secondary N) is 1. The van der Waals surface area contributed by atoms with E-state index < -0.39 is 0 Å². The molecule has 1 aromatic carbocycles. The van der Waals surface area contributed by atoms with Gasteiger partial charge >= 0.3 is 0 Å². The molecule has 0 spiro atoms. The lowest BCUT2D eigenvalue weighted by atomic mass is 9.97. The van der Waals surface area contributed by atoms with E-state index in [9.17, 15) is 9.90 Å². The molecule has 2 aromatic rings. The van der Waals surface area contributed by atoms with Gasteiger partial charge in [-0.1, -0.05) is 12.1 Å². The van der Waals surface area contributed by atoms with Crippen molar-refractivity contribution in [3.8, 4) is 0 Å². The van der Waals surface area contributed by atoms with Gasteiger partial charge in [0.05, 0.1) is 27.4 Å². The Morgan fingerprint density at radius 3 is 2.78 bits per heavy atom. The Hall–Kier alpha value is -1.50. The number of nitrogens with zero attached hydrogens (tertiary/aromatic N) is 2. The third-order valence-corrected chi connectivity index (χ3v) is 6.07. The Labute approximate surface area is 139 Å². The fourth-order valence-electron chi connectivity index (χ4n) is 3.54. The molecule has 0 aliphatic carbocycles. The lowest BCUT2D eigenvalue weighted by Crippen LogP contribution is -2.46. The number of carbonyl (C=O) groups is 1. The minimum absolute atomic E-state index is 0.143. The van der Waals surface area contributed by atoms with Crippen LogP contribution in [0.2, 0.25) is 0 Å². The second kappa shape index (κ2) is 6.19. The van der Waals surface area contributed by atoms with Crippen LogP contribution in [-0.4, -0.2) is 52.7 Å². The monoisotopic (exact) mass is 331 g/mol. The van der Waals surface area contributed by atoms with Gasteiger partial charge in [-0.05, 0) is 31.4 Å². The molecule has 1 amide bonds. The number of hydrogen-bond acceptors (Lipinski definition) is 5. The molecule has 0 bridgehead atoms. The number of aliphatic hydroxyl groups excluding tert-OH is 1. The molecule has 2 unspecified atom stereocenters. The number of fused-ring (bicyclic) bond motifs is 1.